The van der Waals surface area contributed by atoms with Crippen molar-refractivity contribution in [2.45, 2.75) is 32.0 Å². The van der Waals surface area contributed by atoms with Crippen LogP contribution in [0.2, 0.25) is 0 Å². The summed E-state index contributed by atoms with van der Waals surface area (Å²) in [7, 11) is 1.38. The molecule has 0 unspecified atom stereocenters. The van der Waals surface area contributed by atoms with E-state index in [1.165, 1.54) is 7.11 Å². The lowest BCUT2D eigenvalue weighted by Crippen LogP contribution is -2.36. The van der Waals surface area contributed by atoms with Crippen molar-refractivity contribution in [2.75, 3.05) is 13.7 Å². The Bertz CT molecular complexity index is 478. The van der Waals surface area contributed by atoms with Crippen LogP contribution in [-0.2, 0) is 16.1 Å². The molecule has 0 saturated carbocycles. The summed E-state index contributed by atoms with van der Waals surface area (Å²) in [6.45, 7) is 3.18. The molecule has 1 heterocycles. The van der Waals surface area contributed by atoms with Crippen LogP contribution in [0.3, 0.4) is 0 Å². The third-order valence-electron chi connectivity index (χ3n) is 3.46. The van der Waals surface area contributed by atoms with Crippen molar-refractivity contribution in [1.82, 2.24) is 4.90 Å². The molecule has 5 heteroatoms. The number of methoxy groups -OCH3 is 1. The molecular weight excluding hydrogens is 310 g/mol. The van der Waals surface area contributed by atoms with E-state index in [-0.39, 0.29) is 12.0 Å². The van der Waals surface area contributed by atoms with Gasteiger partial charge in [0.2, 0.25) is 0 Å². The molecule has 1 aliphatic rings. The van der Waals surface area contributed by atoms with Crippen molar-refractivity contribution >= 4 is 21.9 Å². The van der Waals surface area contributed by atoms with Crippen molar-refractivity contribution in [3.8, 4) is 0 Å². The predicted molar refractivity (Wildman–Crippen MR) is 75.7 cm³/mol. The number of carbonyl (C=O) groups excluding carboxylic acids is 1. The van der Waals surface area contributed by atoms with Gasteiger partial charge in [0.15, 0.2) is 0 Å². The molecule has 4 nitrogen and oxygen atoms in total. The van der Waals surface area contributed by atoms with Crippen LogP contribution in [0.1, 0.15) is 17.5 Å². The highest BCUT2D eigenvalue weighted by Gasteiger charge is 2.36. The zero-order valence-corrected chi connectivity index (χ0v) is 12.7. The molecule has 1 fully saturated rings. The van der Waals surface area contributed by atoms with E-state index in [2.05, 4.69) is 22.0 Å². The number of ether oxygens (including phenoxy) is 1. The summed E-state index contributed by atoms with van der Waals surface area (Å²) in [5.41, 5.74) is 2.29. The van der Waals surface area contributed by atoms with Gasteiger partial charge in [0.25, 0.3) is 0 Å². The number of aliphatic hydroxyl groups excluding tert-OH is 1. The van der Waals surface area contributed by atoms with Crippen LogP contribution in [-0.4, -0.2) is 41.8 Å². The summed E-state index contributed by atoms with van der Waals surface area (Å²) in [4.78, 5) is 13.7. The fourth-order valence-electron chi connectivity index (χ4n) is 2.47. The van der Waals surface area contributed by atoms with E-state index < -0.39 is 6.10 Å². The summed E-state index contributed by atoms with van der Waals surface area (Å²) in [6, 6.07) is 5.77. The number of likely N-dealkylation sites (tertiary alicyclic amines) is 1. The van der Waals surface area contributed by atoms with E-state index in [1.807, 2.05) is 24.0 Å². The number of hydrogen-bond acceptors (Lipinski definition) is 4. The second-order valence-corrected chi connectivity index (χ2v) is 5.80. The maximum absolute atomic E-state index is 11.7. The van der Waals surface area contributed by atoms with E-state index in [0.717, 1.165) is 15.6 Å². The molecule has 1 aromatic rings. The molecule has 2 rings (SSSR count). The molecule has 0 aromatic heterocycles. The monoisotopic (exact) mass is 327 g/mol. The van der Waals surface area contributed by atoms with Crippen LogP contribution in [0, 0.1) is 6.92 Å². The number of aliphatic hydroxyl groups is 1. The SMILES string of the molecule is COC(=O)[C@@H]1C[C@@H](O)CN1Cc1ccc(Br)c(C)c1. The predicted octanol–water partition coefficient (Wildman–Crippen LogP) is 1.87. The summed E-state index contributed by atoms with van der Waals surface area (Å²) in [5, 5.41) is 9.73. The maximum atomic E-state index is 11.7. The third-order valence-corrected chi connectivity index (χ3v) is 4.35. The minimum Gasteiger partial charge on any atom is -0.468 e. The van der Waals surface area contributed by atoms with Gasteiger partial charge in [-0.1, -0.05) is 28.1 Å². The molecule has 19 heavy (non-hydrogen) atoms. The number of halogens is 1. The first-order chi connectivity index (χ1) is 9.01. The van der Waals surface area contributed by atoms with E-state index in [4.69, 9.17) is 4.74 Å². The van der Waals surface area contributed by atoms with Crippen LogP contribution in [0.5, 0.6) is 0 Å². The molecule has 1 aliphatic heterocycles. The Hall–Kier alpha value is -0.910. The highest BCUT2D eigenvalue weighted by Crippen LogP contribution is 2.23. The van der Waals surface area contributed by atoms with Gasteiger partial charge in [-0.05, 0) is 24.1 Å². The number of hydrogen-bond donors (Lipinski definition) is 1. The number of benzene rings is 1. The van der Waals surface area contributed by atoms with E-state index >= 15 is 0 Å². The lowest BCUT2D eigenvalue weighted by atomic mass is 10.1. The Morgan fingerprint density at radius 1 is 1.58 bits per heavy atom. The average molecular weight is 328 g/mol. The van der Waals surface area contributed by atoms with E-state index in [9.17, 15) is 9.90 Å². The first-order valence-corrected chi connectivity index (χ1v) is 7.05. The zero-order chi connectivity index (χ0) is 14.0. The Morgan fingerprint density at radius 2 is 2.32 bits per heavy atom. The molecule has 0 spiro atoms. The summed E-state index contributed by atoms with van der Waals surface area (Å²) in [5.74, 6) is -0.273. The molecule has 104 valence electrons. The van der Waals surface area contributed by atoms with Gasteiger partial charge in [-0.3, -0.25) is 9.69 Å². The summed E-state index contributed by atoms with van der Waals surface area (Å²) < 4.78 is 5.87. The second-order valence-electron chi connectivity index (χ2n) is 4.94. The standard InChI is InChI=1S/C14H18BrNO3/c1-9-5-10(3-4-12(9)15)7-16-8-11(17)6-13(16)14(18)19-2/h3-5,11,13,17H,6-8H2,1-2H3/t11-,13+/m1/s1. The van der Waals surface area contributed by atoms with Crippen molar-refractivity contribution in [3.63, 3.8) is 0 Å². The van der Waals surface area contributed by atoms with Gasteiger partial charge in [0.1, 0.15) is 6.04 Å². The molecule has 2 atom stereocenters. The topological polar surface area (TPSA) is 49.8 Å². The smallest absolute Gasteiger partial charge is 0.323 e. The lowest BCUT2D eigenvalue weighted by molar-refractivity contribution is -0.146. The van der Waals surface area contributed by atoms with Gasteiger partial charge in [0.05, 0.1) is 13.2 Å². The molecule has 1 saturated heterocycles. The zero-order valence-electron chi connectivity index (χ0n) is 11.1. The van der Waals surface area contributed by atoms with Crippen LogP contribution in [0.4, 0.5) is 0 Å². The minimum absolute atomic E-state index is 0.273. The average Bonchev–Trinajstić information content (AvgIpc) is 2.74. The van der Waals surface area contributed by atoms with Gasteiger partial charge in [-0.2, -0.15) is 0 Å². The summed E-state index contributed by atoms with van der Waals surface area (Å²) >= 11 is 3.47. The molecule has 0 bridgehead atoms. The molecule has 0 radical (unpaired) electrons. The highest BCUT2D eigenvalue weighted by molar-refractivity contribution is 9.10. The Labute approximate surface area is 121 Å². The van der Waals surface area contributed by atoms with Gasteiger partial charge >= 0.3 is 5.97 Å². The second kappa shape index (κ2) is 6.03. The number of carbonyl (C=O) groups is 1. The molecule has 1 N–H and O–H groups in total. The number of aryl methyl sites for hydroxylation is 1. The van der Waals surface area contributed by atoms with Crippen molar-refractivity contribution in [1.29, 1.82) is 0 Å². The number of β-amino-alcohol motifs (C(OH)–C–C–N with tert-alkyl or cyclic N) is 1. The van der Waals surface area contributed by atoms with Gasteiger partial charge in [-0.25, -0.2) is 0 Å². The largest absolute Gasteiger partial charge is 0.468 e. The lowest BCUT2D eigenvalue weighted by Gasteiger charge is -2.22. The van der Waals surface area contributed by atoms with Crippen molar-refractivity contribution in [2.24, 2.45) is 0 Å². The molecule has 0 aliphatic carbocycles. The molecular formula is C14H18BrNO3. The fourth-order valence-corrected chi connectivity index (χ4v) is 2.72. The van der Waals surface area contributed by atoms with Crippen LogP contribution in [0.15, 0.2) is 22.7 Å². The normalized spacial score (nSPS) is 23.6. The van der Waals surface area contributed by atoms with E-state index in [0.29, 0.717) is 19.5 Å². The van der Waals surface area contributed by atoms with Crippen molar-refractivity contribution < 1.29 is 14.6 Å². The minimum atomic E-state index is -0.458. The van der Waals surface area contributed by atoms with Crippen LogP contribution >= 0.6 is 15.9 Å². The fraction of sp³-hybridized carbons (Fsp3) is 0.500. The van der Waals surface area contributed by atoms with Crippen molar-refractivity contribution in [3.05, 3.63) is 33.8 Å². The van der Waals surface area contributed by atoms with Crippen LogP contribution in [0.25, 0.3) is 0 Å². The quantitative estimate of drug-likeness (QED) is 0.861. The number of esters is 1. The Morgan fingerprint density at radius 3 is 2.95 bits per heavy atom. The Kier molecular flexibility index (Phi) is 4.60. The Balaban J connectivity index is 2.12. The molecule has 1 aromatic carbocycles. The van der Waals surface area contributed by atoms with E-state index in [1.54, 1.807) is 0 Å². The highest BCUT2D eigenvalue weighted by atomic mass is 79.9. The third kappa shape index (κ3) is 3.35. The number of nitrogens with zero attached hydrogens (tertiary/aromatic N) is 1. The van der Waals surface area contributed by atoms with Crippen LogP contribution < -0.4 is 0 Å². The maximum Gasteiger partial charge on any atom is 0.323 e. The number of rotatable bonds is 3. The van der Waals surface area contributed by atoms with Gasteiger partial charge in [0, 0.05) is 24.0 Å². The first-order valence-electron chi connectivity index (χ1n) is 6.26. The van der Waals surface area contributed by atoms with Gasteiger partial charge < -0.3 is 9.84 Å². The summed E-state index contributed by atoms with van der Waals surface area (Å²) in [6.07, 6.45) is -0.0111. The molecule has 0 amide bonds. The van der Waals surface area contributed by atoms with Gasteiger partial charge in [-0.15, -0.1) is 0 Å². The first kappa shape index (κ1) is 14.5.